The summed E-state index contributed by atoms with van der Waals surface area (Å²) in [4.78, 5) is 22.0. The molecule has 0 bridgehead atoms. The van der Waals surface area contributed by atoms with Crippen LogP contribution in [-0.2, 0) is 19.6 Å². The summed E-state index contributed by atoms with van der Waals surface area (Å²) in [6.07, 6.45) is -4.42. The molecular formula is C26H19F5N4O3. The number of methoxy groups -OCH3 is 1. The van der Waals surface area contributed by atoms with Crippen molar-refractivity contribution in [2.24, 2.45) is 7.05 Å². The molecule has 0 saturated carbocycles. The molecule has 0 unspecified atom stereocenters. The lowest BCUT2D eigenvalue weighted by Crippen LogP contribution is -2.21. The average molecular weight is 530 g/mol. The highest BCUT2D eigenvalue weighted by Crippen LogP contribution is 2.32. The van der Waals surface area contributed by atoms with Crippen LogP contribution in [-0.4, -0.2) is 32.8 Å². The molecule has 5 aromatic rings. The smallest absolute Gasteiger partial charge is 0.433 e. The van der Waals surface area contributed by atoms with Gasteiger partial charge in [0.1, 0.15) is 28.7 Å². The summed E-state index contributed by atoms with van der Waals surface area (Å²) in [6.45, 7) is -3.06. The molecular weight excluding hydrogens is 511 g/mol. The van der Waals surface area contributed by atoms with Crippen LogP contribution in [0, 0.1) is 0 Å². The number of nitrogens with zero attached hydrogens (tertiary/aromatic N) is 4. The van der Waals surface area contributed by atoms with E-state index in [1.807, 2.05) is 12.1 Å². The van der Waals surface area contributed by atoms with Gasteiger partial charge in [-0.25, -0.2) is 9.97 Å². The second-order valence-corrected chi connectivity index (χ2v) is 8.39. The van der Waals surface area contributed by atoms with Gasteiger partial charge in [0.15, 0.2) is 5.52 Å². The lowest BCUT2D eigenvalue weighted by Gasteiger charge is -2.14. The fourth-order valence-electron chi connectivity index (χ4n) is 4.27. The third-order valence-electron chi connectivity index (χ3n) is 6.07. The van der Waals surface area contributed by atoms with Gasteiger partial charge >= 0.3 is 12.8 Å². The molecule has 7 nitrogen and oxygen atoms in total. The summed E-state index contributed by atoms with van der Waals surface area (Å²) in [7, 11) is 3.22. The summed E-state index contributed by atoms with van der Waals surface area (Å²) < 4.78 is 78.0. The summed E-state index contributed by atoms with van der Waals surface area (Å²) in [5.74, 6) is 0.997. The number of aromatic nitrogens is 4. The number of aryl methyl sites for hydroxylation is 1. The molecule has 0 saturated heterocycles. The van der Waals surface area contributed by atoms with E-state index in [2.05, 4.69) is 14.7 Å². The molecule has 0 spiro atoms. The SMILES string of the molecule is COc1ccc(Cc2nc3c(=O)n(-c4ccc(OC(F)F)cc4)c4nc(C(F)(F)F)ccc4c3n2C)cc1. The Kier molecular flexibility index (Phi) is 6.25. The number of hydrogen-bond acceptors (Lipinski definition) is 5. The first-order valence-electron chi connectivity index (χ1n) is 11.2. The van der Waals surface area contributed by atoms with E-state index in [9.17, 15) is 26.7 Å². The minimum atomic E-state index is -4.76. The van der Waals surface area contributed by atoms with Crippen LogP contribution in [0.3, 0.4) is 0 Å². The predicted molar refractivity (Wildman–Crippen MR) is 129 cm³/mol. The predicted octanol–water partition coefficient (Wildman–Crippen LogP) is 5.49. The first-order chi connectivity index (χ1) is 18.1. The van der Waals surface area contributed by atoms with Crippen molar-refractivity contribution >= 4 is 22.1 Å². The van der Waals surface area contributed by atoms with E-state index < -0.39 is 24.0 Å². The van der Waals surface area contributed by atoms with Gasteiger partial charge in [0.25, 0.3) is 5.56 Å². The number of hydrogen-bond donors (Lipinski definition) is 0. The second kappa shape index (κ2) is 9.43. The summed E-state index contributed by atoms with van der Waals surface area (Å²) >= 11 is 0. The third-order valence-corrected chi connectivity index (χ3v) is 6.07. The maximum absolute atomic E-state index is 13.7. The van der Waals surface area contributed by atoms with Gasteiger partial charge in [-0.2, -0.15) is 22.0 Å². The zero-order chi connectivity index (χ0) is 27.2. The molecule has 0 fully saturated rings. The van der Waals surface area contributed by atoms with Crippen molar-refractivity contribution in [3.63, 3.8) is 0 Å². The fraction of sp³-hybridized carbons (Fsp3) is 0.192. The molecule has 0 amide bonds. The van der Waals surface area contributed by atoms with Crippen molar-refractivity contribution < 1.29 is 31.4 Å². The molecule has 12 heteroatoms. The number of imidazole rings is 1. The molecule has 0 N–H and O–H groups in total. The van der Waals surface area contributed by atoms with Crippen LogP contribution in [0.2, 0.25) is 0 Å². The lowest BCUT2D eigenvalue weighted by molar-refractivity contribution is -0.141. The Morgan fingerprint density at radius 1 is 0.921 bits per heavy atom. The summed E-state index contributed by atoms with van der Waals surface area (Å²) in [5, 5.41) is 0.261. The van der Waals surface area contributed by atoms with Gasteiger partial charge in [0, 0.05) is 18.9 Å². The monoisotopic (exact) mass is 530 g/mol. The van der Waals surface area contributed by atoms with Crippen molar-refractivity contribution in [2.75, 3.05) is 7.11 Å². The number of benzene rings is 2. The van der Waals surface area contributed by atoms with Gasteiger partial charge < -0.3 is 14.0 Å². The van der Waals surface area contributed by atoms with Gasteiger partial charge in [-0.05, 0) is 54.1 Å². The Labute approximate surface area is 211 Å². The van der Waals surface area contributed by atoms with Crippen LogP contribution in [0.4, 0.5) is 22.0 Å². The van der Waals surface area contributed by atoms with Crippen molar-refractivity contribution in [2.45, 2.75) is 19.2 Å². The highest BCUT2D eigenvalue weighted by Gasteiger charge is 2.33. The standard InChI is InChI=1S/C26H19F5N4O3/c1-34-20(13-14-3-7-16(37-2)8-4-14)33-21-22(34)18-11-12-19(26(29,30)31)32-23(18)35(24(21)36)15-5-9-17(10-6-15)38-25(27)28/h3-12,25H,13H2,1-2H3. The number of alkyl halides is 5. The zero-order valence-electron chi connectivity index (χ0n) is 20.0. The van der Waals surface area contributed by atoms with Crippen LogP contribution in [0.1, 0.15) is 17.1 Å². The molecule has 0 aliphatic rings. The van der Waals surface area contributed by atoms with E-state index in [1.165, 1.54) is 30.3 Å². The van der Waals surface area contributed by atoms with Gasteiger partial charge in [-0.3, -0.25) is 9.36 Å². The molecule has 0 aliphatic carbocycles. The molecule has 2 aromatic carbocycles. The number of halogens is 5. The molecule has 3 heterocycles. The fourth-order valence-corrected chi connectivity index (χ4v) is 4.27. The summed E-state index contributed by atoms with van der Waals surface area (Å²) in [6, 6.07) is 14.3. The van der Waals surface area contributed by atoms with Crippen LogP contribution in [0.5, 0.6) is 11.5 Å². The number of ether oxygens (including phenoxy) is 2. The molecule has 196 valence electrons. The Morgan fingerprint density at radius 3 is 2.18 bits per heavy atom. The van der Waals surface area contributed by atoms with Crippen molar-refractivity contribution in [1.29, 1.82) is 0 Å². The van der Waals surface area contributed by atoms with Crippen LogP contribution < -0.4 is 15.0 Å². The molecule has 0 radical (unpaired) electrons. The first-order valence-corrected chi connectivity index (χ1v) is 11.2. The third kappa shape index (κ3) is 4.53. The van der Waals surface area contributed by atoms with Crippen molar-refractivity contribution in [3.8, 4) is 17.2 Å². The molecule has 5 rings (SSSR count). The Hall–Kier alpha value is -4.48. The lowest BCUT2D eigenvalue weighted by atomic mass is 10.1. The number of fused-ring (bicyclic) bond motifs is 3. The highest BCUT2D eigenvalue weighted by atomic mass is 19.4. The number of rotatable bonds is 6. The van der Waals surface area contributed by atoms with E-state index in [-0.39, 0.29) is 28.0 Å². The highest BCUT2D eigenvalue weighted by molar-refractivity contribution is 6.01. The topological polar surface area (TPSA) is 71.2 Å². The Morgan fingerprint density at radius 2 is 1.58 bits per heavy atom. The molecule has 38 heavy (non-hydrogen) atoms. The quantitative estimate of drug-likeness (QED) is 0.272. The maximum atomic E-state index is 13.7. The van der Waals surface area contributed by atoms with E-state index in [4.69, 9.17) is 4.74 Å². The molecule has 0 atom stereocenters. The van der Waals surface area contributed by atoms with E-state index in [0.29, 0.717) is 23.5 Å². The van der Waals surface area contributed by atoms with Crippen LogP contribution in [0.25, 0.3) is 27.8 Å². The van der Waals surface area contributed by atoms with Crippen LogP contribution in [0.15, 0.2) is 65.5 Å². The first kappa shape index (κ1) is 25.2. The number of pyridine rings is 2. The Bertz CT molecular complexity index is 1690. The average Bonchev–Trinajstić information content (AvgIpc) is 3.20. The van der Waals surface area contributed by atoms with E-state index >= 15 is 0 Å². The zero-order valence-corrected chi connectivity index (χ0v) is 20.0. The van der Waals surface area contributed by atoms with Crippen molar-refractivity contribution in [3.05, 3.63) is 88.1 Å². The van der Waals surface area contributed by atoms with Gasteiger partial charge in [-0.1, -0.05) is 12.1 Å². The summed E-state index contributed by atoms with van der Waals surface area (Å²) in [5.41, 5.74) is -0.812. The van der Waals surface area contributed by atoms with E-state index in [0.717, 1.165) is 16.2 Å². The minimum Gasteiger partial charge on any atom is -0.497 e. The van der Waals surface area contributed by atoms with Gasteiger partial charge in [0.2, 0.25) is 0 Å². The van der Waals surface area contributed by atoms with Gasteiger partial charge in [0.05, 0.1) is 18.3 Å². The van der Waals surface area contributed by atoms with Crippen molar-refractivity contribution in [1.82, 2.24) is 19.1 Å². The Balaban J connectivity index is 1.74. The van der Waals surface area contributed by atoms with Crippen LogP contribution >= 0.6 is 0 Å². The van der Waals surface area contributed by atoms with E-state index in [1.54, 1.807) is 30.9 Å². The second-order valence-electron chi connectivity index (χ2n) is 8.39. The normalized spacial score (nSPS) is 12.0. The molecule has 3 aromatic heterocycles. The largest absolute Gasteiger partial charge is 0.497 e. The maximum Gasteiger partial charge on any atom is 0.433 e. The van der Waals surface area contributed by atoms with Gasteiger partial charge in [-0.15, -0.1) is 0 Å². The molecule has 0 aliphatic heterocycles. The minimum absolute atomic E-state index is 0.0259.